The van der Waals surface area contributed by atoms with Crippen LogP contribution in [-0.4, -0.2) is 32.6 Å². The van der Waals surface area contributed by atoms with E-state index in [2.05, 4.69) is 15.6 Å². The molecule has 3 aromatic rings. The average Bonchev–Trinajstić information content (AvgIpc) is 3.13. The second kappa shape index (κ2) is 7.67. The highest BCUT2D eigenvalue weighted by Gasteiger charge is 2.18. The van der Waals surface area contributed by atoms with Crippen LogP contribution >= 0.6 is 0 Å². The summed E-state index contributed by atoms with van der Waals surface area (Å²) in [5.41, 5.74) is 1.64. The molecule has 0 saturated heterocycles. The van der Waals surface area contributed by atoms with Crippen LogP contribution in [0.2, 0.25) is 0 Å². The van der Waals surface area contributed by atoms with Crippen LogP contribution in [0.3, 0.4) is 0 Å². The van der Waals surface area contributed by atoms with Crippen molar-refractivity contribution in [1.82, 2.24) is 20.3 Å². The summed E-state index contributed by atoms with van der Waals surface area (Å²) in [6.45, 7) is -0.0535. The number of amides is 1. The van der Waals surface area contributed by atoms with Crippen molar-refractivity contribution >= 4 is 5.91 Å². The number of hydrogen-bond donors (Lipinski definition) is 2. The molecule has 25 heavy (non-hydrogen) atoms. The van der Waals surface area contributed by atoms with E-state index in [0.29, 0.717) is 12.1 Å². The van der Waals surface area contributed by atoms with Crippen LogP contribution in [0.25, 0.3) is 5.69 Å². The first-order valence-electron chi connectivity index (χ1n) is 7.82. The molecule has 2 N–H and O–H groups in total. The molecule has 0 aliphatic carbocycles. The number of carbonyl (C=O) groups is 1. The normalized spacial score (nSPS) is 11.9. The molecule has 3 rings (SSSR count). The SMILES string of the molecule is O=C(NC(CCO)c1ccccc1)c1cn(-c2ccc(F)cc2)nn1. The first-order valence-corrected chi connectivity index (χ1v) is 7.82. The minimum Gasteiger partial charge on any atom is -0.396 e. The molecule has 128 valence electrons. The lowest BCUT2D eigenvalue weighted by molar-refractivity contribution is 0.0925. The van der Waals surface area contributed by atoms with Crippen molar-refractivity contribution in [2.75, 3.05) is 6.61 Å². The molecule has 0 aliphatic heterocycles. The summed E-state index contributed by atoms with van der Waals surface area (Å²) in [6, 6.07) is 14.8. The van der Waals surface area contributed by atoms with Gasteiger partial charge in [0.1, 0.15) is 5.82 Å². The predicted octanol–water partition coefficient (Wildman–Crippen LogP) is 2.26. The fraction of sp³-hybridized carbons (Fsp3) is 0.167. The number of aliphatic hydroxyl groups is 1. The van der Waals surface area contributed by atoms with Crippen molar-refractivity contribution in [3.8, 4) is 5.69 Å². The molecule has 2 aromatic carbocycles. The molecule has 0 saturated carbocycles. The Labute approximate surface area is 143 Å². The summed E-state index contributed by atoms with van der Waals surface area (Å²) in [7, 11) is 0. The van der Waals surface area contributed by atoms with Gasteiger partial charge in [0.25, 0.3) is 5.91 Å². The summed E-state index contributed by atoms with van der Waals surface area (Å²) in [6.07, 6.45) is 1.87. The van der Waals surface area contributed by atoms with Gasteiger partial charge in [-0.05, 0) is 36.2 Å². The lowest BCUT2D eigenvalue weighted by Crippen LogP contribution is -2.29. The van der Waals surface area contributed by atoms with Crippen molar-refractivity contribution in [3.63, 3.8) is 0 Å². The van der Waals surface area contributed by atoms with Gasteiger partial charge in [-0.25, -0.2) is 9.07 Å². The van der Waals surface area contributed by atoms with Crippen LogP contribution in [0.15, 0.2) is 60.8 Å². The molecule has 1 aromatic heterocycles. The standard InChI is InChI=1S/C18H17FN4O2/c19-14-6-8-15(9-7-14)23-12-17(21-22-23)18(25)20-16(10-11-24)13-4-2-1-3-5-13/h1-9,12,16,24H,10-11H2,(H,20,25). The molecule has 1 unspecified atom stereocenters. The molecule has 1 heterocycles. The van der Waals surface area contributed by atoms with Gasteiger partial charge in [0.2, 0.25) is 0 Å². The van der Waals surface area contributed by atoms with E-state index < -0.39 is 5.91 Å². The van der Waals surface area contributed by atoms with Crippen LogP contribution in [0, 0.1) is 5.82 Å². The fourth-order valence-corrected chi connectivity index (χ4v) is 2.46. The van der Waals surface area contributed by atoms with E-state index in [9.17, 15) is 14.3 Å². The fourth-order valence-electron chi connectivity index (χ4n) is 2.46. The van der Waals surface area contributed by atoms with E-state index in [1.54, 1.807) is 12.1 Å². The summed E-state index contributed by atoms with van der Waals surface area (Å²) in [4.78, 5) is 12.4. The lowest BCUT2D eigenvalue weighted by Gasteiger charge is -2.17. The Hall–Kier alpha value is -3.06. The van der Waals surface area contributed by atoms with Crippen molar-refractivity contribution in [2.24, 2.45) is 0 Å². The average molecular weight is 340 g/mol. The van der Waals surface area contributed by atoms with Gasteiger partial charge in [-0.1, -0.05) is 35.5 Å². The van der Waals surface area contributed by atoms with Crippen molar-refractivity contribution < 1.29 is 14.3 Å². The molecule has 0 radical (unpaired) electrons. The number of halogens is 1. The maximum absolute atomic E-state index is 13.0. The molecule has 0 bridgehead atoms. The number of rotatable bonds is 6. The van der Waals surface area contributed by atoms with Crippen LogP contribution in [-0.2, 0) is 0 Å². The molecule has 7 heteroatoms. The smallest absolute Gasteiger partial charge is 0.273 e. The third kappa shape index (κ3) is 4.07. The van der Waals surface area contributed by atoms with Crippen LogP contribution < -0.4 is 5.32 Å². The quantitative estimate of drug-likeness (QED) is 0.721. The number of hydrogen-bond acceptors (Lipinski definition) is 4. The Morgan fingerprint density at radius 2 is 1.88 bits per heavy atom. The van der Waals surface area contributed by atoms with Gasteiger partial charge in [0, 0.05) is 6.61 Å². The molecule has 6 nitrogen and oxygen atoms in total. The number of nitrogens with one attached hydrogen (secondary N) is 1. The van der Waals surface area contributed by atoms with Crippen molar-refractivity contribution in [2.45, 2.75) is 12.5 Å². The molecule has 0 aliphatic rings. The Bertz CT molecular complexity index is 834. The van der Waals surface area contributed by atoms with Crippen LogP contribution in [0.4, 0.5) is 4.39 Å². The van der Waals surface area contributed by atoms with Gasteiger partial charge < -0.3 is 10.4 Å². The molecular weight excluding hydrogens is 323 g/mol. The molecule has 1 amide bonds. The van der Waals surface area contributed by atoms with Crippen LogP contribution in [0.5, 0.6) is 0 Å². The van der Waals surface area contributed by atoms with Crippen molar-refractivity contribution in [3.05, 3.63) is 77.9 Å². The van der Waals surface area contributed by atoms with E-state index in [0.717, 1.165) is 5.56 Å². The minimum atomic E-state index is -0.393. The lowest BCUT2D eigenvalue weighted by atomic mass is 10.0. The summed E-state index contributed by atoms with van der Waals surface area (Å²) in [5, 5.41) is 19.9. The van der Waals surface area contributed by atoms with E-state index in [1.165, 1.54) is 23.0 Å². The second-order valence-corrected chi connectivity index (χ2v) is 5.47. The number of aromatic nitrogens is 3. The van der Waals surface area contributed by atoms with Gasteiger partial charge in [-0.15, -0.1) is 5.10 Å². The second-order valence-electron chi connectivity index (χ2n) is 5.47. The highest BCUT2D eigenvalue weighted by Crippen LogP contribution is 2.17. The topological polar surface area (TPSA) is 80.0 Å². The Balaban J connectivity index is 1.75. The van der Waals surface area contributed by atoms with Gasteiger partial charge in [-0.3, -0.25) is 4.79 Å². The van der Waals surface area contributed by atoms with Gasteiger partial charge in [0.15, 0.2) is 5.69 Å². The van der Waals surface area contributed by atoms with Gasteiger partial charge in [-0.2, -0.15) is 0 Å². The predicted molar refractivity (Wildman–Crippen MR) is 89.7 cm³/mol. The zero-order valence-electron chi connectivity index (χ0n) is 13.3. The van der Waals surface area contributed by atoms with E-state index in [4.69, 9.17) is 0 Å². The first kappa shape index (κ1) is 16.8. The number of aliphatic hydroxyl groups excluding tert-OH is 1. The van der Waals surface area contributed by atoms with E-state index in [-0.39, 0.29) is 24.2 Å². The largest absolute Gasteiger partial charge is 0.396 e. The summed E-state index contributed by atoms with van der Waals surface area (Å²) in [5.74, 6) is -0.743. The molecular formula is C18H17FN4O2. The summed E-state index contributed by atoms with van der Waals surface area (Å²) >= 11 is 0. The third-order valence-corrected chi connectivity index (χ3v) is 3.74. The van der Waals surface area contributed by atoms with E-state index in [1.807, 2.05) is 30.3 Å². The number of carbonyl (C=O) groups excluding carboxylic acids is 1. The molecule has 0 fully saturated rings. The minimum absolute atomic E-state index is 0.0535. The van der Waals surface area contributed by atoms with Crippen LogP contribution in [0.1, 0.15) is 28.5 Å². The Kier molecular flexibility index (Phi) is 5.15. The number of nitrogens with zero attached hydrogens (tertiary/aromatic N) is 3. The third-order valence-electron chi connectivity index (χ3n) is 3.74. The van der Waals surface area contributed by atoms with Crippen molar-refractivity contribution in [1.29, 1.82) is 0 Å². The highest BCUT2D eigenvalue weighted by molar-refractivity contribution is 5.92. The zero-order valence-corrected chi connectivity index (χ0v) is 13.3. The Morgan fingerprint density at radius 3 is 2.56 bits per heavy atom. The maximum atomic E-state index is 13.0. The van der Waals surface area contributed by atoms with Gasteiger partial charge >= 0.3 is 0 Å². The maximum Gasteiger partial charge on any atom is 0.273 e. The Morgan fingerprint density at radius 1 is 1.16 bits per heavy atom. The number of benzene rings is 2. The van der Waals surface area contributed by atoms with E-state index >= 15 is 0 Å². The molecule has 1 atom stereocenters. The zero-order chi connectivity index (χ0) is 17.6. The van der Waals surface area contributed by atoms with Gasteiger partial charge in [0.05, 0.1) is 17.9 Å². The summed E-state index contributed by atoms with van der Waals surface area (Å²) < 4.78 is 14.4. The first-order chi connectivity index (χ1) is 12.2. The monoisotopic (exact) mass is 340 g/mol. The molecule has 0 spiro atoms. The highest BCUT2D eigenvalue weighted by atomic mass is 19.1.